The van der Waals surface area contributed by atoms with Crippen LogP contribution in [0, 0.1) is 0 Å². The van der Waals surface area contributed by atoms with Crippen molar-refractivity contribution in [2.75, 3.05) is 6.61 Å². The van der Waals surface area contributed by atoms with E-state index < -0.39 is 0 Å². The molecule has 1 aromatic carbocycles. The van der Waals surface area contributed by atoms with Crippen LogP contribution in [0.2, 0.25) is 5.02 Å². The van der Waals surface area contributed by atoms with Crippen molar-refractivity contribution in [2.45, 2.75) is 13.3 Å². The maximum absolute atomic E-state index is 9.18. The van der Waals surface area contributed by atoms with Gasteiger partial charge < -0.3 is 9.15 Å². The number of carbonyl (C=O) groups is 1. The van der Waals surface area contributed by atoms with Crippen LogP contribution in [0.5, 0.6) is 0 Å². The lowest BCUT2D eigenvalue weighted by Gasteiger charge is -1.95. The molecule has 2 aromatic rings. The summed E-state index contributed by atoms with van der Waals surface area (Å²) in [6.07, 6.45) is 1.97. The molecule has 1 aromatic heterocycles. The number of halogens is 1. The fourth-order valence-corrected chi connectivity index (χ4v) is 1.24. The van der Waals surface area contributed by atoms with Gasteiger partial charge in [0.15, 0.2) is 0 Å². The summed E-state index contributed by atoms with van der Waals surface area (Å²) in [4.78, 5) is 9.18. The summed E-state index contributed by atoms with van der Waals surface area (Å²) in [7, 11) is 0. The van der Waals surface area contributed by atoms with Gasteiger partial charge in [0, 0.05) is 5.02 Å². The van der Waals surface area contributed by atoms with Crippen LogP contribution in [0.4, 0.5) is 0 Å². The first-order valence-electron chi connectivity index (χ1n) is 5.31. The average Bonchev–Trinajstić information content (AvgIpc) is 2.87. The first-order chi connectivity index (χ1) is 8.76. The van der Waals surface area contributed by atoms with Gasteiger partial charge in [-0.15, -0.1) is 10.2 Å². The van der Waals surface area contributed by atoms with Gasteiger partial charge in [-0.05, 0) is 24.6 Å². The summed E-state index contributed by atoms with van der Waals surface area (Å²) >= 11 is 5.74. The molecule has 0 aliphatic carbocycles. The molecule has 0 radical (unpaired) electrons. The Morgan fingerprint density at radius 2 is 2.11 bits per heavy atom. The highest BCUT2D eigenvalue weighted by Crippen LogP contribution is 2.11. The minimum absolute atomic E-state index is 0.431. The van der Waals surface area contributed by atoms with Gasteiger partial charge in [0.25, 0.3) is 6.47 Å². The van der Waals surface area contributed by atoms with Crippen molar-refractivity contribution in [1.29, 1.82) is 0 Å². The van der Waals surface area contributed by atoms with Gasteiger partial charge >= 0.3 is 0 Å². The SMILES string of the molecule is CCOC=O.Clc1ccc(Cc2nnco2)cc1. The van der Waals surface area contributed by atoms with Gasteiger partial charge in [-0.3, -0.25) is 4.79 Å². The quantitative estimate of drug-likeness (QED) is 0.797. The zero-order chi connectivity index (χ0) is 13.2. The molecular weight excluding hydrogens is 256 g/mol. The highest BCUT2D eigenvalue weighted by atomic mass is 35.5. The van der Waals surface area contributed by atoms with Crippen molar-refractivity contribution in [3.05, 3.63) is 47.1 Å². The first kappa shape index (κ1) is 14.2. The summed E-state index contributed by atoms with van der Waals surface area (Å²) in [6.45, 7) is 2.66. The van der Waals surface area contributed by atoms with E-state index in [1.807, 2.05) is 24.3 Å². The van der Waals surface area contributed by atoms with E-state index in [0.29, 0.717) is 25.4 Å². The predicted molar refractivity (Wildman–Crippen MR) is 66.2 cm³/mol. The number of nitrogens with zero attached hydrogens (tertiary/aromatic N) is 2. The van der Waals surface area contributed by atoms with Crippen molar-refractivity contribution in [1.82, 2.24) is 10.2 Å². The van der Waals surface area contributed by atoms with E-state index in [4.69, 9.17) is 16.0 Å². The van der Waals surface area contributed by atoms with Crippen molar-refractivity contribution in [2.24, 2.45) is 0 Å². The Hall–Kier alpha value is -1.88. The molecule has 0 atom stereocenters. The zero-order valence-electron chi connectivity index (χ0n) is 9.88. The largest absolute Gasteiger partial charge is 0.468 e. The van der Waals surface area contributed by atoms with Crippen molar-refractivity contribution < 1.29 is 13.9 Å². The Kier molecular flexibility index (Phi) is 6.50. The molecule has 2 rings (SSSR count). The number of hydrogen-bond acceptors (Lipinski definition) is 5. The summed E-state index contributed by atoms with van der Waals surface area (Å²) < 4.78 is 9.17. The third-order valence-electron chi connectivity index (χ3n) is 1.91. The molecule has 0 aliphatic heterocycles. The van der Waals surface area contributed by atoms with Gasteiger partial charge in [0.1, 0.15) is 0 Å². The lowest BCUT2D eigenvalue weighted by Crippen LogP contribution is -1.87. The van der Waals surface area contributed by atoms with Crippen LogP contribution in [0.25, 0.3) is 0 Å². The number of carbonyl (C=O) groups excluding carboxylic acids is 1. The number of hydrogen-bond donors (Lipinski definition) is 0. The molecule has 0 aliphatic rings. The highest BCUT2D eigenvalue weighted by Gasteiger charge is 2.00. The zero-order valence-corrected chi connectivity index (χ0v) is 10.6. The molecule has 5 nitrogen and oxygen atoms in total. The number of rotatable bonds is 4. The lowest BCUT2D eigenvalue weighted by molar-refractivity contribution is -0.128. The summed E-state index contributed by atoms with van der Waals surface area (Å²) in [6, 6.07) is 7.56. The second-order valence-corrected chi connectivity index (χ2v) is 3.62. The molecule has 0 fully saturated rings. The van der Waals surface area contributed by atoms with E-state index in [2.05, 4.69) is 14.9 Å². The molecule has 0 unspecified atom stereocenters. The highest BCUT2D eigenvalue weighted by molar-refractivity contribution is 6.30. The fraction of sp³-hybridized carbons (Fsp3) is 0.250. The van der Waals surface area contributed by atoms with Gasteiger partial charge in [-0.1, -0.05) is 23.7 Å². The van der Waals surface area contributed by atoms with Crippen LogP contribution >= 0.6 is 11.6 Å². The molecule has 18 heavy (non-hydrogen) atoms. The molecule has 96 valence electrons. The monoisotopic (exact) mass is 268 g/mol. The second-order valence-electron chi connectivity index (χ2n) is 3.19. The molecule has 0 bridgehead atoms. The molecule has 6 heteroatoms. The maximum atomic E-state index is 9.18. The van der Waals surface area contributed by atoms with Crippen molar-refractivity contribution in [3.8, 4) is 0 Å². The van der Waals surface area contributed by atoms with E-state index in [1.54, 1.807) is 6.92 Å². The normalized spacial score (nSPS) is 9.22. The lowest BCUT2D eigenvalue weighted by atomic mass is 10.1. The summed E-state index contributed by atoms with van der Waals surface area (Å²) in [5, 5.41) is 8.11. The van der Waals surface area contributed by atoms with Crippen LogP contribution < -0.4 is 0 Å². The Morgan fingerprint density at radius 3 is 2.56 bits per heavy atom. The standard InChI is InChI=1S/C9H7ClN2O.C3H6O2/c10-8-3-1-7(2-4-8)5-9-12-11-6-13-9;1-2-5-3-4/h1-4,6H,5H2;3H,2H2,1H3. The molecule has 0 saturated carbocycles. The molecule has 0 spiro atoms. The number of benzene rings is 1. The Bertz CT molecular complexity index is 443. The van der Waals surface area contributed by atoms with Crippen LogP contribution in [0.3, 0.4) is 0 Å². The smallest absolute Gasteiger partial charge is 0.293 e. The Morgan fingerprint density at radius 1 is 1.39 bits per heavy atom. The molecule has 1 heterocycles. The van der Waals surface area contributed by atoms with Gasteiger partial charge in [0.05, 0.1) is 13.0 Å². The van der Waals surface area contributed by atoms with Crippen LogP contribution in [0.1, 0.15) is 18.4 Å². The van der Waals surface area contributed by atoms with Crippen molar-refractivity contribution >= 4 is 18.1 Å². The van der Waals surface area contributed by atoms with Crippen LogP contribution in [-0.2, 0) is 16.0 Å². The summed E-state index contributed by atoms with van der Waals surface area (Å²) in [5.41, 5.74) is 1.11. The van der Waals surface area contributed by atoms with Crippen LogP contribution in [0.15, 0.2) is 35.1 Å². The first-order valence-corrected chi connectivity index (χ1v) is 5.68. The third-order valence-corrected chi connectivity index (χ3v) is 2.16. The van der Waals surface area contributed by atoms with E-state index in [1.165, 1.54) is 6.39 Å². The number of ether oxygens (including phenoxy) is 1. The summed E-state index contributed by atoms with van der Waals surface area (Å²) in [5.74, 6) is 0.613. The molecule has 0 N–H and O–H groups in total. The Labute approximate surface area is 110 Å². The van der Waals surface area contributed by atoms with E-state index >= 15 is 0 Å². The predicted octanol–water partition coefficient (Wildman–Crippen LogP) is 2.49. The van der Waals surface area contributed by atoms with E-state index in [9.17, 15) is 4.79 Å². The third kappa shape index (κ3) is 5.45. The Balaban J connectivity index is 0.000000280. The van der Waals surface area contributed by atoms with Gasteiger partial charge in [-0.25, -0.2) is 0 Å². The average molecular weight is 269 g/mol. The fourth-order valence-electron chi connectivity index (χ4n) is 1.12. The maximum Gasteiger partial charge on any atom is 0.293 e. The van der Waals surface area contributed by atoms with E-state index in [-0.39, 0.29) is 0 Å². The molecule has 0 saturated heterocycles. The van der Waals surface area contributed by atoms with Crippen molar-refractivity contribution in [3.63, 3.8) is 0 Å². The van der Waals surface area contributed by atoms with Gasteiger partial charge in [0.2, 0.25) is 12.3 Å². The minimum Gasteiger partial charge on any atom is -0.468 e. The molecular formula is C12H13ClN2O3. The topological polar surface area (TPSA) is 65.2 Å². The number of aromatic nitrogens is 2. The molecule has 0 amide bonds. The van der Waals surface area contributed by atoms with E-state index in [0.717, 1.165) is 10.6 Å². The minimum atomic E-state index is 0.431. The second kappa shape index (κ2) is 8.25. The van der Waals surface area contributed by atoms with Gasteiger partial charge in [-0.2, -0.15) is 0 Å². The van der Waals surface area contributed by atoms with Crippen LogP contribution in [-0.4, -0.2) is 23.3 Å².